The smallest absolute Gasteiger partial charge is 0.317 e. The zero-order valence-electron chi connectivity index (χ0n) is 11.4. The summed E-state index contributed by atoms with van der Waals surface area (Å²) in [5.41, 5.74) is 0. The van der Waals surface area contributed by atoms with E-state index >= 15 is 0 Å². The van der Waals surface area contributed by atoms with Gasteiger partial charge in [-0.2, -0.15) is 0 Å². The van der Waals surface area contributed by atoms with Gasteiger partial charge in [-0.15, -0.1) is 0 Å². The minimum Gasteiger partial charge on any atom is -0.336 e. The lowest BCUT2D eigenvalue weighted by molar-refractivity contribution is -0.126. The number of Topliss-reactive ketones (excluding diaryl/α,β-unsaturated/α-hetero) is 1. The SMILES string of the molecule is CC(C)NC(=O)N1CCCC1C1CCCCC1=O. The molecule has 1 N–H and O–H groups in total. The van der Waals surface area contributed by atoms with Gasteiger partial charge in [-0.25, -0.2) is 4.79 Å². The fraction of sp³-hybridized carbons (Fsp3) is 0.857. The van der Waals surface area contributed by atoms with E-state index in [1.54, 1.807) is 0 Å². The van der Waals surface area contributed by atoms with Gasteiger partial charge in [0.25, 0.3) is 0 Å². The first kappa shape index (κ1) is 13.4. The van der Waals surface area contributed by atoms with Crippen molar-refractivity contribution in [2.45, 2.75) is 64.5 Å². The van der Waals surface area contributed by atoms with E-state index in [9.17, 15) is 9.59 Å². The molecular formula is C14H24N2O2. The van der Waals surface area contributed by atoms with E-state index in [0.29, 0.717) is 12.2 Å². The molecule has 0 aromatic carbocycles. The zero-order chi connectivity index (χ0) is 13.1. The molecule has 1 saturated heterocycles. The molecule has 2 unspecified atom stereocenters. The Morgan fingerprint density at radius 3 is 2.72 bits per heavy atom. The van der Waals surface area contributed by atoms with Gasteiger partial charge in [0.05, 0.1) is 0 Å². The Bertz CT molecular complexity index is 328. The highest BCUT2D eigenvalue weighted by atomic mass is 16.2. The number of nitrogens with one attached hydrogen (secondary N) is 1. The Kier molecular flexibility index (Phi) is 4.25. The standard InChI is InChI=1S/C14H24N2O2/c1-10(2)15-14(18)16-9-5-7-12(16)11-6-3-4-8-13(11)17/h10-12H,3-9H2,1-2H3,(H,15,18). The molecule has 2 fully saturated rings. The second kappa shape index (κ2) is 5.72. The third kappa shape index (κ3) is 2.85. The molecule has 0 aromatic heterocycles. The van der Waals surface area contributed by atoms with Crippen LogP contribution in [-0.2, 0) is 4.79 Å². The maximum atomic E-state index is 12.1. The molecule has 0 aromatic rings. The maximum absolute atomic E-state index is 12.1. The molecule has 2 amide bonds. The van der Waals surface area contributed by atoms with Crippen LogP contribution in [0.3, 0.4) is 0 Å². The van der Waals surface area contributed by atoms with Crippen molar-refractivity contribution >= 4 is 11.8 Å². The van der Waals surface area contributed by atoms with E-state index in [2.05, 4.69) is 5.32 Å². The van der Waals surface area contributed by atoms with E-state index in [1.165, 1.54) is 0 Å². The number of carbonyl (C=O) groups excluding carboxylic acids is 2. The molecule has 4 heteroatoms. The molecule has 1 saturated carbocycles. The molecule has 4 nitrogen and oxygen atoms in total. The first-order chi connectivity index (χ1) is 8.59. The van der Waals surface area contributed by atoms with Gasteiger partial charge in [0.15, 0.2) is 0 Å². The number of ketones is 1. The predicted molar refractivity (Wildman–Crippen MR) is 70.4 cm³/mol. The summed E-state index contributed by atoms with van der Waals surface area (Å²) in [6.07, 6.45) is 5.85. The van der Waals surface area contributed by atoms with Crippen LogP contribution in [0.1, 0.15) is 52.4 Å². The number of hydrogen-bond acceptors (Lipinski definition) is 2. The van der Waals surface area contributed by atoms with E-state index in [0.717, 1.165) is 38.6 Å². The second-order valence-corrected chi connectivity index (χ2v) is 5.83. The van der Waals surface area contributed by atoms with E-state index in [4.69, 9.17) is 0 Å². The Morgan fingerprint density at radius 1 is 1.28 bits per heavy atom. The summed E-state index contributed by atoms with van der Waals surface area (Å²) in [5.74, 6) is 0.467. The maximum Gasteiger partial charge on any atom is 0.317 e. The molecule has 18 heavy (non-hydrogen) atoms. The molecule has 2 atom stereocenters. The first-order valence-corrected chi connectivity index (χ1v) is 7.19. The second-order valence-electron chi connectivity index (χ2n) is 5.83. The van der Waals surface area contributed by atoms with Crippen molar-refractivity contribution in [1.29, 1.82) is 0 Å². The lowest BCUT2D eigenvalue weighted by Gasteiger charge is -2.33. The van der Waals surface area contributed by atoms with Gasteiger partial charge in [-0.3, -0.25) is 4.79 Å². The highest BCUT2D eigenvalue weighted by molar-refractivity contribution is 5.83. The van der Waals surface area contributed by atoms with Gasteiger partial charge >= 0.3 is 6.03 Å². The van der Waals surface area contributed by atoms with Crippen LogP contribution >= 0.6 is 0 Å². The lowest BCUT2D eigenvalue weighted by Crippen LogP contribution is -2.49. The highest BCUT2D eigenvalue weighted by Crippen LogP contribution is 2.32. The van der Waals surface area contributed by atoms with Crippen LogP contribution in [0.4, 0.5) is 4.79 Å². The van der Waals surface area contributed by atoms with Crippen LogP contribution < -0.4 is 5.32 Å². The Labute approximate surface area is 109 Å². The number of hydrogen-bond donors (Lipinski definition) is 1. The Hall–Kier alpha value is -1.06. The number of urea groups is 1. The van der Waals surface area contributed by atoms with E-state index in [-0.39, 0.29) is 24.0 Å². The van der Waals surface area contributed by atoms with E-state index in [1.807, 2.05) is 18.7 Å². The van der Waals surface area contributed by atoms with Crippen molar-refractivity contribution < 1.29 is 9.59 Å². The van der Waals surface area contributed by atoms with Crippen molar-refractivity contribution in [3.8, 4) is 0 Å². The minimum atomic E-state index is 0.00544. The quantitative estimate of drug-likeness (QED) is 0.820. The topological polar surface area (TPSA) is 49.4 Å². The summed E-state index contributed by atoms with van der Waals surface area (Å²) in [5, 5.41) is 2.94. The molecule has 102 valence electrons. The number of rotatable bonds is 2. The van der Waals surface area contributed by atoms with Gasteiger partial charge < -0.3 is 10.2 Å². The van der Waals surface area contributed by atoms with Crippen molar-refractivity contribution in [1.82, 2.24) is 10.2 Å². The summed E-state index contributed by atoms with van der Waals surface area (Å²) in [7, 11) is 0. The van der Waals surface area contributed by atoms with Crippen LogP contribution in [0.25, 0.3) is 0 Å². The van der Waals surface area contributed by atoms with Crippen LogP contribution in [0.2, 0.25) is 0 Å². The largest absolute Gasteiger partial charge is 0.336 e. The summed E-state index contributed by atoms with van der Waals surface area (Å²) < 4.78 is 0. The molecule has 0 spiro atoms. The molecule has 0 bridgehead atoms. The zero-order valence-corrected chi connectivity index (χ0v) is 11.4. The van der Waals surface area contributed by atoms with E-state index < -0.39 is 0 Å². The molecule has 1 heterocycles. The number of nitrogens with zero attached hydrogens (tertiary/aromatic N) is 1. The van der Waals surface area contributed by atoms with Crippen molar-refractivity contribution in [3.05, 3.63) is 0 Å². The normalized spacial score (nSPS) is 28.8. The van der Waals surface area contributed by atoms with Crippen LogP contribution in [0.15, 0.2) is 0 Å². The van der Waals surface area contributed by atoms with Gasteiger partial charge in [0, 0.05) is 31.0 Å². The lowest BCUT2D eigenvalue weighted by atomic mass is 9.82. The fourth-order valence-corrected chi connectivity index (χ4v) is 3.21. The average molecular weight is 252 g/mol. The average Bonchev–Trinajstić information content (AvgIpc) is 2.77. The predicted octanol–water partition coefficient (Wildman–Crippen LogP) is 2.33. The summed E-state index contributed by atoms with van der Waals surface area (Å²) in [6.45, 7) is 4.73. The minimum absolute atomic E-state index is 0.00544. The molecular weight excluding hydrogens is 228 g/mol. The van der Waals surface area contributed by atoms with Gasteiger partial charge in [0.1, 0.15) is 5.78 Å². The molecule has 2 aliphatic rings. The van der Waals surface area contributed by atoms with Gasteiger partial charge in [0.2, 0.25) is 0 Å². The Morgan fingerprint density at radius 2 is 2.06 bits per heavy atom. The third-order valence-electron chi connectivity index (χ3n) is 4.04. The van der Waals surface area contributed by atoms with Crippen LogP contribution in [-0.4, -0.2) is 35.3 Å². The number of carbonyl (C=O) groups is 2. The highest BCUT2D eigenvalue weighted by Gasteiger charge is 2.38. The monoisotopic (exact) mass is 252 g/mol. The van der Waals surface area contributed by atoms with Crippen molar-refractivity contribution in [3.63, 3.8) is 0 Å². The van der Waals surface area contributed by atoms with Gasteiger partial charge in [-0.1, -0.05) is 6.42 Å². The Balaban J connectivity index is 2.02. The van der Waals surface area contributed by atoms with Crippen molar-refractivity contribution in [2.24, 2.45) is 5.92 Å². The first-order valence-electron chi connectivity index (χ1n) is 7.19. The molecule has 0 radical (unpaired) electrons. The number of likely N-dealkylation sites (tertiary alicyclic amines) is 1. The fourth-order valence-electron chi connectivity index (χ4n) is 3.21. The van der Waals surface area contributed by atoms with Crippen molar-refractivity contribution in [2.75, 3.05) is 6.54 Å². The summed E-state index contributed by atoms with van der Waals surface area (Å²) >= 11 is 0. The molecule has 2 rings (SSSR count). The summed E-state index contributed by atoms with van der Waals surface area (Å²) in [6, 6.07) is 0.309. The molecule has 1 aliphatic carbocycles. The summed E-state index contributed by atoms with van der Waals surface area (Å²) in [4.78, 5) is 26.0. The van der Waals surface area contributed by atoms with Crippen LogP contribution in [0, 0.1) is 5.92 Å². The van der Waals surface area contributed by atoms with Crippen LogP contribution in [0.5, 0.6) is 0 Å². The third-order valence-corrected chi connectivity index (χ3v) is 4.04. The number of amides is 2. The molecule has 1 aliphatic heterocycles. The van der Waals surface area contributed by atoms with Gasteiger partial charge in [-0.05, 0) is 39.5 Å².